The molecule has 1 heterocycles. The van der Waals surface area contributed by atoms with Gasteiger partial charge in [-0.3, -0.25) is 14.9 Å². The van der Waals surface area contributed by atoms with E-state index in [-0.39, 0.29) is 11.5 Å². The van der Waals surface area contributed by atoms with Crippen molar-refractivity contribution in [2.45, 2.75) is 19.9 Å². The second-order valence-corrected chi connectivity index (χ2v) is 6.16. The van der Waals surface area contributed by atoms with Gasteiger partial charge in [0.1, 0.15) is 5.69 Å². The van der Waals surface area contributed by atoms with Crippen molar-refractivity contribution in [1.29, 1.82) is 0 Å². The second kappa shape index (κ2) is 7.03. The number of Topliss-reactive ketones (excluding diaryl/α,β-unsaturated/α-hetero) is 1. The largest absolute Gasteiger partial charge is 0.493 e. The molecule has 0 aliphatic carbocycles. The van der Waals surface area contributed by atoms with Crippen LogP contribution in [0.5, 0.6) is 11.5 Å². The number of hydrogen-bond acceptors (Lipinski definition) is 6. The average molecular weight is 356 g/mol. The van der Waals surface area contributed by atoms with E-state index < -0.39 is 4.92 Å². The Balaban J connectivity index is 1.98. The van der Waals surface area contributed by atoms with Gasteiger partial charge in [0.2, 0.25) is 0 Å². The molecule has 0 spiro atoms. The highest BCUT2D eigenvalue weighted by molar-refractivity contribution is 5.95. The van der Waals surface area contributed by atoms with E-state index in [0.29, 0.717) is 35.8 Å². The smallest absolute Gasteiger partial charge is 0.293 e. The standard InChI is InChI=1S/C19H20N2O5/c1-12(22)13-4-5-16(17(8-13)21(23)24)20-7-6-14-9-18(25-2)19(26-3)10-15(14)11-20/h4-5,8-10H,6-7,11H2,1-3H3. The third-order valence-corrected chi connectivity index (χ3v) is 4.64. The van der Waals surface area contributed by atoms with Gasteiger partial charge < -0.3 is 14.4 Å². The molecule has 2 aromatic rings. The van der Waals surface area contributed by atoms with E-state index in [1.807, 2.05) is 17.0 Å². The Morgan fingerprint density at radius 3 is 2.35 bits per heavy atom. The predicted molar refractivity (Wildman–Crippen MR) is 97.4 cm³/mol. The van der Waals surface area contributed by atoms with Crippen LogP contribution in [-0.4, -0.2) is 31.5 Å². The van der Waals surface area contributed by atoms with Crippen LogP contribution in [0.4, 0.5) is 11.4 Å². The molecule has 0 saturated heterocycles. The number of methoxy groups -OCH3 is 2. The summed E-state index contributed by atoms with van der Waals surface area (Å²) in [6, 6.07) is 8.51. The van der Waals surface area contributed by atoms with Crippen LogP contribution in [0.1, 0.15) is 28.4 Å². The molecule has 26 heavy (non-hydrogen) atoms. The minimum absolute atomic E-state index is 0.0540. The first-order chi connectivity index (χ1) is 12.4. The number of nitrogens with zero attached hydrogens (tertiary/aromatic N) is 2. The van der Waals surface area contributed by atoms with Crippen LogP contribution in [0.2, 0.25) is 0 Å². The van der Waals surface area contributed by atoms with E-state index in [4.69, 9.17) is 9.47 Å². The summed E-state index contributed by atoms with van der Waals surface area (Å²) in [6.45, 7) is 2.56. The summed E-state index contributed by atoms with van der Waals surface area (Å²) < 4.78 is 10.7. The lowest BCUT2D eigenvalue weighted by Gasteiger charge is -2.31. The number of anilines is 1. The Bertz CT molecular complexity index is 878. The van der Waals surface area contributed by atoms with Crippen molar-refractivity contribution in [3.05, 3.63) is 57.1 Å². The lowest BCUT2D eigenvalue weighted by molar-refractivity contribution is -0.384. The number of carbonyl (C=O) groups is 1. The van der Waals surface area contributed by atoms with E-state index >= 15 is 0 Å². The zero-order valence-corrected chi connectivity index (χ0v) is 14.9. The van der Waals surface area contributed by atoms with Gasteiger partial charge >= 0.3 is 0 Å². The van der Waals surface area contributed by atoms with Crippen LogP contribution < -0.4 is 14.4 Å². The van der Waals surface area contributed by atoms with Gasteiger partial charge in [0.25, 0.3) is 5.69 Å². The lowest BCUT2D eigenvalue weighted by atomic mass is 9.97. The number of carbonyl (C=O) groups excluding carboxylic acids is 1. The first kappa shape index (κ1) is 17.7. The highest BCUT2D eigenvalue weighted by Crippen LogP contribution is 2.37. The molecule has 0 saturated carbocycles. The molecule has 7 heteroatoms. The van der Waals surface area contributed by atoms with Crippen LogP contribution in [0, 0.1) is 10.1 Å². The topological polar surface area (TPSA) is 81.9 Å². The summed E-state index contributed by atoms with van der Waals surface area (Å²) in [6.07, 6.45) is 0.737. The number of fused-ring (bicyclic) bond motifs is 1. The zero-order chi connectivity index (χ0) is 18.8. The first-order valence-corrected chi connectivity index (χ1v) is 8.22. The number of rotatable bonds is 5. The van der Waals surface area contributed by atoms with Crippen molar-refractivity contribution in [2.75, 3.05) is 25.7 Å². The number of hydrogen-bond donors (Lipinski definition) is 0. The summed E-state index contributed by atoms with van der Waals surface area (Å²) in [7, 11) is 3.18. The Hall–Kier alpha value is -3.09. The fraction of sp³-hybridized carbons (Fsp3) is 0.316. The van der Waals surface area contributed by atoms with Gasteiger partial charge in [0, 0.05) is 24.7 Å². The van der Waals surface area contributed by atoms with E-state index in [1.54, 1.807) is 26.4 Å². The molecule has 136 valence electrons. The molecule has 0 bridgehead atoms. The molecule has 1 aliphatic heterocycles. The van der Waals surface area contributed by atoms with Crippen molar-refractivity contribution in [3.8, 4) is 11.5 Å². The molecule has 0 aromatic heterocycles. The molecule has 0 radical (unpaired) electrons. The SMILES string of the molecule is COc1cc2c(cc1OC)CN(c1ccc(C(C)=O)cc1[N+](=O)[O-])CC2. The van der Waals surface area contributed by atoms with Crippen LogP contribution in [0.3, 0.4) is 0 Å². The quantitative estimate of drug-likeness (QED) is 0.464. The normalized spacial score (nSPS) is 13.1. The molecule has 3 rings (SSSR count). The zero-order valence-electron chi connectivity index (χ0n) is 14.9. The van der Waals surface area contributed by atoms with Gasteiger partial charge in [0.15, 0.2) is 17.3 Å². The molecule has 1 aliphatic rings. The van der Waals surface area contributed by atoms with Crippen molar-refractivity contribution in [2.24, 2.45) is 0 Å². The molecule has 0 fully saturated rings. The van der Waals surface area contributed by atoms with Crippen molar-refractivity contribution in [1.82, 2.24) is 0 Å². The molecule has 0 unspecified atom stereocenters. The fourth-order valence-electron chi connectivity index (χ4n) is 3.24. The molecule has 0 amide bonds. The summed E-state index contributed by atoms with van der Waals surface area (Å²) in [5.74, 6) is 1.12. The van der Waals surface area contributed by atoms with E-state index in [2.05, 4.69) is 0 Å². The Kier molecular flexibility index (Phi) is 4.79. The third-order valence-electron chi connectivity index (χ3n) is 4.64. The number of ketones is 1. The summed E-state index contributed by atoms with van der Waals surface area (Å²) in [4.78, 5) is 24.6. The average Bonchev–Trinajstić information content (AvgIpc) is 2.65. The van der Waals surface area contributed by atoms with Crippen LogP contribution in [0.15, 0.2) is 30.3 Å². The van der Waals surface area contributed by atoms with Gasteiger partial charge in [-0.25, -0.2) is 0 Å². The van der Waals surface area contributed by atoms with Crippen LogP contribution in [0.25, 0.3) is 0 Å². The molecular formula is C19H20N2O5. The highest BCUT2D eigenvalue weighted by atomic mass is 16.6. The van der Waals surface area contributed by atoms with Crippen LogP contribution in [-0.2, 0) is 13.0 Å². The van der Waals surface area contributed by atoms with Gasteiger partial charge in [-0.1, -0.05) is 0 Å². The predicted octanol–water partition coefficient (Wildman–Crippen LogP) is 3.38. The number of nitro benzene ring substituents is 1. The highest BCUT2D eigenvalue weighted by Gasteiger charge is 2.25. The van der Waals surface area contributed by atoms with Gasteiger partial charge in [-0.05, 0) is 48.7 Å². The minimum Gasteiger partial charge on any atom is -0.493 e. The maximum absolute atomic E-state index is 11.5. The van der Waals surface area contributed by atoms with Crippen molar-refractivity contribution in [3.63, 3.8) is 0 Å². The van der Waals surface area contributed by atoms with Gasteiger partial charge in [0.05, 0.1) is 19.1 Å². The van der Waals surface area contributed by atoms with Crippen molar-refractivity contribution >= 4 is 17.2 Å². The van der Waals surface area contributed by atoms with E-state index in [0.717, 1.165) is 17.5 Å². The summed E-state index contributed by atoms with van der Waals surface area (Å²) >= 11 is 0. The monoisotopic (exact) mass is 356 g/mol. The summed E-state index contributed by atoms with van der Waals surface area (Å²) in [5, 5.41) is 11.5. The number of ether oxygens (including phenoxy) is 2. The summed E-state index contributed by atoms with van der Waals surface area (Å²) in [5.41, 5.74) is 2.98. The van der Waals surface area contributed by atoms with Crippen LogP contribution >= 0.6 is 0 Å². The number of benzene rings is 2. The third kappa shape index (κ3) is 3.20. The van der Waals surface area contributed by atoms with E-state index in [1.165, 1.54) is 13.0 Å². The molecule has 0 N–H and O–H groups in total. The maximum Gasteiger partial charge on any atom is 0.293 e. The van der Waals surface area contributed by atoms with E-state index in [9.17, 15) is 14.9 Å². The van der Waals surface area contributed by atoms with Crippen molar-refractivity contribution < 1.29 is 19.2 Å². The Labute approximate surface area is 151 Å². The molecular weight excluding hydrogens is 336 g/mol. The Morgan fingerprint density at radius 1 is 1.12 bits per heavy atom. The Morgan fingerprint density at radius 2 is 1.77 bits per heavy atom. The molecule has 0 atom stereocenters. The molecule has 7 nitrogen and oxygen atoms in total. The fourth-order valence-corrected chi connectivity index (χ4v) is 3.24. The first-order valence-electron chi connectivity index (χ1n) is 8.22. The second-order valence-electron chi connectivity index (χ2n) is 6.16. The van der Waals surface area contributed by atoms with Gasteiger partial charge in [-0.2, -0.15) is 0 Å². The number of nitro groups is 1. The minimum atomic E-state index is -0.439. The van der Waals surface area contributed by atoms with Gasteiger partial charge in [-0.15, -0.1) is 0 Å². The lowest BCUT2D eigenvalue weighted by Crippen LogP contribution is -2.31. The molecule has 2 aromatic carbocycles. The maximum atomic E-state index is 11.5.